The molecular formula is C15H15ClN2O2. The Bertz CT molecular complexity index is 619. The van der Waals surface area contributed by atoms with Gasteiger partial charge in [0.05, 0.1) is 0 Å². The van der Waals surface area contributed by atoms with Crippen LogP contribution in [0.15, 0.2) is 30.3 Å². The third-order valence-corrected chi connectivity index (χ3v) is 3.26. The lowest BCUT2D eigenvalue weighted by atomic mass is 10.2. The molecule has 1 aromatic heterocycles. The van der Waals surface area contributed by atoms with Crippen molar-refractivity contribution in [3.63, 3.8) is 0 Å². The van der Waals surface area contributed by atoms with E-state index in [2.05, 4.69) is 16.9 Å². The van der Waals surface area contributed by atoms with Gasteiger partial charge in [0, 0.05) is 5.69 Å². The highest BCUT2D eigenvalue weighted by Gasteiger charge is 2.25. The number of hydrogen-bond acceptors (Lipinski definition) is 4. The second-order valence-electron chi connectivity index (χ2n) is 4.65. The molecule has 5 heteroatoms. The summed E-state index contributed by atoms with van der Waals surface area (Å²) >= 11 is 6.06. The minimum Gasteiger partial charge on any atom is -0.485 e. The number of aromatic nitrogens is 2. The van der Waals surface area contributed by atoms with Gasteiger partial charge in [0.15, 0.2) is 23.4 Å². The molecule has 1 aromatic carbocycles. The Kier molecular flexibility index (Phi) is 3.74. The van der Waals surface area contributed by atoms with Crippen molar-refractivity contribution < 1.29 is 9.47 Å². The van der Waals surface area contributed by atoms with Crippen LogP contribution in [-0.4, -0.2) is 16.6 Å². The topological polar surface area (TPSA) is 44.2 Å². The van der Waals surface area contributed by atoms with E-state index < -0.39 is 0 Å². The van der Waals surface area contributed by atoms with Crippen LogP contribution < -0.4 is 9.47 Å². The summed E-state index contributed by atoms with van der Waals surface area (Å²) in [6.07, 6.45) is 1.57. The maximum atomic E-state index is 6.06. The van der Waals surface area contributed by atoms with Crippen LogP contribution in [-0.2, 0) is 6.42 Å². The first-order chi connectivity index (χ1) is 9.76. The van der Waals surface area contributed by atoms with Gasteiger partial charge in [-0.15, -0.1) is 0 Å². The van der Waals surface area contributed by atoms with Crippen LogP contribution in [0.25, 0.3) is 0 Å². The molecular weight excluding hydrogens is 276 g/mol. The van der Waals surface area contributed by atoms with Gasteiger partial charge in [0.1, 0.15) is 11.8 Å². The van der Waals surface area contributed by atoms with Crippen LogP contribution in [0.2, 0.25) is 5.15 Å². The zero-order valence-electron chi connectivity index (χ0n) is 11.2. The van der Waals surface area contributed by atoms with Crippen molar-refractivity contribution in [2.24, 2.45) is 0 Å². The van der Waals surface area contributed by atoms with E-state index in [1.807, 2.05) is 24.3 Å². The van der Waals surface area contributed by atoms with Gasteiger partial charge in [-0.2, -0.15) is 0 Å². The zero-order valence-corrected chi connectivity index (χ0v) is 11.9. The van der Waals surface area contributed by atoms with Crippen molar-refractivity contribution in [3.05, 3.63) is 47.0 Å². The average Bonchev–Trinajstić information content (AvgIpc) is 2.46. The highest BCUT2D eigenvalue weighted by molar-refractivity contribution is 6.29. The monoisotopic (exact) mass is 290 g/mol. The second kappa shape index (κ2) is 5.67. The summed E-state index contributed by atoms with van der Waals surface area (Å²) < 4.78 is 11.6. The van der Waals surface area contributed by atoms with Crippen LogP contribution in [0, 0.1) is 0 Å². The predicted octanol–water partition coefficient (Wildman–Crippen LogP) is 3.60. The molecule has 3 rings (SSSR count). The molecule has 0 radical (unpaired) electrons. The van der Waals surface area contributed by atoms with E-state index in [4.69, 9.17) is 21.1 Å². The third kappa shape index (κ3) is 2.70. The third-order valence-electron chi connectivity index (χ3n) is 3.07. The van der Waals surface area contributed by atoms with E-state index in [1.54, 1.807) is 6.07 Å². The van der Waals surface area contributed by atoms with Crippen LogP contribution >= 0.6 is 11.6 Å². The molecule has 0 bridgehead atoms. The van der Waals surface area contributed by atoms with E-state index in [1.165, 1.54) is 0 Å². The van der Waals surface area contributed by atoms with Gasteiger partial charge in [-0.3, -0.25) is 0 Å². The van der Waals surface area contributed by atoms with Gasteiger partial charge in [-0.25, -0.2) is 9.97 Å². The molecule has 0 saturated heterocycles. The fourth-order valence-electron chi connectivity index (χ4n) is 2.16. The minimum atomic E-state index is -0.320. The highest BCUT2D eigenvalue weighted by Crippen LogP contribution is 2.35. The zero-order chi connectivity index (χ0) is 13.9. The Morgan fingerprint density at radius 2 is 2.05 bits per heavy atom. The molecule has 1 aliphatic rings. The quantitative estimate of drug-likeness (QED) is 0.810. The molecule has 2 aromatic rings. The van der Waals surface area contributed by atoms with Gasteiger partial charge in [-0.05, 0) is 24.6 Å². The fourth-order valence-corrected chi connectivity index (χ4v) is 2.37. The Morgan fingerprint density at radius 1 is 1.25 bits per heavy atom. The SMILES string of the molecule is CCCc1cc(Cl)nc(C2COc3ccccc3O2)n1. The Labute approximate surface area is 122 Å². The van der Waals surface area contributed by atoms with Crippen molar-refractivity contribution >= 4 is 11.6 Å². The minimum absolute atomic E-state index is 0.320. The van der Waals surface area contributed by atoms with E-state index in [-0.39, 0.29) is 6.10 Å². The Balaban J connectivity index is 1.87. The highest BCUT2D eigenvalue weighted by atomic mass is 35.5. The maximum absolute atomic E-state index is 6.06. The number of benzene rings is 1. The van der Waals surface area contributed by atoms with Crippen LogP contribution in [0.3, 0.4) is 0 Å². The first-order valence-corrected chi connectivity index (χ1v) is 7.06. The maximum Gasteiger partial charge on any atom is 0.192 e. The van der Waals surface area contributed by atoms with Gasteiger partial charge >= 0.3 is 0 Å². The number of rotatable bonds is 3. The van der Waals surface area contributed by atoms with Gasteiger partial charge in [0.2, 0.25) is 0 Å². The number of aryl methyl sites for hydroxylation is 1. The molecule has 1 aliphatic heterocycles. The lowest BCUT2D eigenvalue weighted by molar-refractivity contribution is 0.0849. The number of halogens is 1. The van der Waals surface area contributed by atoms with E-state index in [0.717, 1.165) is 24.3 Å². The molecule has 0 aliphatic carbocycles. The summed E-state index contributed by atoms with van der Waals surface area (Å²) in [5.41, 5.74) is 0.935. The molecule has 1 atom stereocenters. The number of ether oxygens (including phenoxy) is 2. The molecule has 1 unspecified atom stereocenters. The molecule has 0 saturated carbocycles. The summed E-state index contributed by atoms with van der Waals surface area (Å²) in [6.45, 7) is 2.50. The number of fused-ring (bicyclic) bond motifs is 1. The van der Waals surface area contributed by atoms with Gasteiger partial charge < -0.3 is 9.47 Å². The van der Waals surface area contributed by atoms with E-state index in [0.29, 0.717) is 23.3 Å². The van der Waals surface area contributed by atoms with Gasteiger partial charge in [-0.1, -0.05) is 37.1 Å². The van der Waals surface area contributed by atoms with Crippen LogP contribution in [0.4, 0.5) is 0 Å². The number of nitrogens with zero attached hydrogens (tertiary/aromatic N) is 2. The molecule has 0 fully saturated rings. The second-order valence-corrected chi connectivity index (χ2v) is 5.04. The summed E-state index contributed by atoms with van der Waals surface area (Å²) in [6, 6.07) is 9.38. The molecule has 2 heterocycles. The molecule has 20 heavy (non-hydrogen) atoms. The molecule has 104 valence electrons. The summed E-state index contributed by atoms with van der Waals surface area (Å²) in [7, 11) is 0. The first kappa shape index (κ1) is 13.2. The normalized spacial score (nSPS) is 17.0. The molecule has 4 nitrogen and oxygen atoms in total. The summed E-state index contributed by atoms with van der Waals surface area (Å²) in [5.74, 6) is 2.04. The standard InChI is InChI=1S/C15H15ClN2O2/c1-2-5-10-8-14(16)18-15(17-10)13-9-19-11-6-3-4-7-12(11)20-13/h3-4,6-8,13H,2,5,9H2,1H3. The van der Waals surface area contributed by atoms with Crippen molar-refractivity contribution in [2.45, 2.75) is 25.9 Å². The summed E-state index contributed by atoms with van der Waals surface area (Å²) in [4.78, 5) is 8.78. The van der Waals surface area contributed by atoms with E-state index in [9.17, 15) is 0 Å². The van der Waals surface area contributed by atoms with Crippen molar-refractivity contribution in [1.82, 2.24) is 9.97 Å². The Hall–Kier alpha value is -1.81. The largest absolute Gasteiger partial charge is 0.485 e. The van der Waals surface area contributed by atoms with Crippen LogP contribution in [0.5, 0.6) is 11.5 Å². The van der Waals surface area contributed by atoms with Crippen molar-refractivity contribution in [1.29, 1.82) is 0 Å². The number of para-hydroxylation sites is 2. The fraction of sp³-hybridized carbons (Fsp3) is 0.333. The van der Waals surface area contributed by atoms with Crippen molar-refractivity contribution in [2.75, 3.05) is 6.61 Å². The van der Waals surface area contributed by atoms with Crippen molar-refractivity contribution in [3.8, 4) is 11.5 Å². The molecule has 0 amide bonds. The number of hydrogen-bond donors (Lipinski definition) is 0. The molecule has 0 N–H and O–H groups in total. The predicted molar refractivity (Wildman–Crippen MR) is 76.3 cm³/mol. The lowest BCUT2D eigenvalue weighted by Crippen LogP contribution is -2.24. The van der Waals surface area contributed by atoms with E-state index >= 15 is 0 Å². The smallest absolute Gasteiger partial charge is 0.192 e. The lowest BCUT2D eigenvalue weighted by Gasteiger charge is -2.25. The summed E-state index contributed by atoms with van der Waals surface area (Å²) in [5, 5.41) is 0.445. The van der Waals surface area contributed by atoms with Gasteiger partial charge in [0.25, 0.3) is 0 Å². The molecule has 0 spiro atoms. The van der Waals surface area contributed by atoms with Crippen LogP contribution in [0.1, 0.15) is 31.0 Å². The Morgan fingerprint density at radius 3 is 2.85 bits per heavy atom. The average molecular weight is 291 g/mol. The first-order valence-electron chi connectivity index (χ1n) is 6.68.